The summed E-state index contributed by atoms with van der Waals surface area (Å²) in [5, 5.41) is 11.7. The highest BCUT2D eigenvalue weighted by Crippen LogP contribution is 2.59. The molecule has 3 unspecified atom stereocenters. The molecule has 0 saturated heterocycles. The molecular formula is C25H28FNO2. The van der Waals surface area contributed by atoms with Crippen LogP contribution in [0.5, 0.6) is 5.75 Å². The molecule has 2 aromatic carbocycles. The monoisotopic (exact) mass is 393 g/mol. The molecule has 1 saturated carbocycles. The maximum absolute atomic E-state index is 13.6. The summed E-state index contributed by atoms with van der Waals surface area (Å²) in [6, 6.07) is 12.3. The summed E-state index contributed by atoms with van der Waals surface area (Å²) in [4.78, 5) is 0. The second kappa shape index (κ2) is 6.09. The summed E-state index contributed by atoms with van der Waals surface area (Å²) in [7, 11) is 0. The van der Waals surface area contributed by atoms with E-state index in [1.165, 1.54) is 18.6 Å². The van der Waals surface area contributed by atoms with Gasteiger partial charge in [0, 0.05) is 27.7 Å². The fourth-order valence-electron chi connectivity index (χ4n) is 5.16. The van der Waals surface area contributed by atoms with Gasteiger partial charge in [0.2, 0.25) is 0 Å². The third-order valence-electron chi connectivity index (χ3n) is 7.16. The van der Waals surface area contributed by atoms with Gasteiger partial charge < -0.3 is 14.4 Å². The molecule has 4 heteroatoms. The smallest absolute Gasteiger partial charge is 0.125 e. The van der Waals surface area contributed by atoms with Gasteiger partial charge in [0.1, 0.15) is 11.6 Å². The lowest BCUT2D eigenvalue weighted by atomic mass is 9.80. The van der Waals surface area contributed by atoms with Crippen molar-refractivity contribution in [3.8, 4) is 11.4 Å². The maximum atomic E-state index is 13.6. The lowest BCUT2D eigenvalue weighted by Gasteiger charge is -2.37. The predicted octanol–water partition coefficient (Wildman–Crippen LogP) is 6.26. The molecule has 1 fully saturated rings. The second-order valence-electron chi connectivity index (χ2n) is 9.89. The number of phenolic OH excluding ortho intramolecular Hbond substituents is 1. The summed E-state index contributed by atoms with van der Waals surface area (Å²) in [6.45, 7) is 9.61. The van der Waals surface area contributed by atoms with Gasteiger partial charge >= 0.3 is 0 Å². The number of hydrogen-bond acceptors (Lipinski definition) is 2. The van der Waals surface area contributed by atoms with Gasteiger partial charge in [-0.3, -0.25) is 0 Å². The quantitative estimate of drug-likeness (QED) is 0.570. The number of benzene rings is 2. The second-order valence-corrected chi connectivity index (χ2v) is 9.89. The molecule has 3 aromatic rings. The van der Waals surface area contributed by atoms with Gasteiger partial charge in [-0.05, 0) is 60.6 Å². The van der Waals surface area contributed by atoms with Crippen molar-refractivity contribution in [3.63, 3.8) is 0 Å². The molecule has 152 valence electrons. The van der Waals surface area contributed by atoms with Crippen molar-refractivity contribution in [2.75, 3.05) is 6.61 Å². The van der Waals surface area contributed by atoms with E-state index in [9.17, 15) is 9.50 Å². The summed E-state index contributed by atoms with van der Waals surface area (Å²) < 4.78 is 22.2. The average Bonchev–Trinajstić information content (AvgIpc) is 3.09. The number of halogens is 1. The molecule has 0 spiro atoms. The first-order valence-electron chi connectivity index (χ1n) is 10.5. The van der Waals surface area contributed by atoms with Crippen molar-refractivity contribution in [2.24, 2.45) is 11.3 Å². The first-order valence-corrected chi connectivity index (χ1v) is 10.5. The first kappa shape index (κ1) is 18.7. The zero-order chi connectivity index (χ0) is 20.6. The molecule has 0 bridgehead atoms. The van der Waals surface area contributed by atoms with Crippen molar-refractivity contribution in [2.45, 2.75) is 52.1 Å². The van der Waals surface area contributed by atoms with Crippen LogP contribution >= 0.6 is 0 Å². The van der Waals surface area contributed by atoms with Crippen molar-refractivity contribution >= 4 is 10.9 Å². The fourth-order valence-corrected chi connectivity index (χ4v) is 5.16. The first-order chi connectivity index (χ1) is 13.7. The average molecular weight is 394 g/mol. The molecule has 3 atom stereocenters. The SMILES string of the molecule is CC1CC1(C)CC1OCC(C)(C)c2c1c1c(O)cccc1n2-c1ccc(F)cc1. The van der Waals surface area contributed by atoms with Crippen LogP contribution in [0.3, 0.4) is 0 Å². The molecule has 0 amide bonds. The van der Waals surface area contributed by atoms with E-state index in [0.29, 0.717) is 12.5 Å². The molecule has 1 N–H and O–H groups in total. The van der Waals surface area contributed by atoms with Gasteiger partial charge in [0.15, 0.2) is 0 Å². The van der Waals surface area contributed by atoms with Gasteiger partial charge in [-0.2, -0.15) is 0 Å². The Kier molecular flexibility index (Phi) is 3.92. The predicted molar refractivity (Wildman–Crippen MR) is 113 cm³/mol. The third kappa shape index (κ3) is 2.80. The Morgan fingerprint density at radius 2 is 1.83 bits per heavy atom. The Morgan fingerprint density at radius 1 is 1.14 bits per heavy atom. The third-order valence-corrected chi connectivity index (χ3v) is 7.16. The van der Waals surface area contributed by atoms with Crippen LogP contribution < -0.4 is 0 Å². The Morgan fingerprint density at radius 3 is 2.48 bits per heavy atom. The van der Waals surface area contributed by atoms with Gasteiger partial charge in [-0.25, -0.2) is 4.39 Å². The highest BCUT2D eigenvalue weighted by atomic mass is 19.1. The van der Waals surface area contributed by atoms with Gasteiger partial charge in [0.25, 0.3) is 0 Å². The van der Waals surface area contributed by atoms with Crippen LogP contribution in [0, 0.1) is 17.2 Å². The largest absolute Gasteiger partial charge is 0.507 e. The molecule has 29 heavy (non-hydrogen) atoms. The number of hydrogen-bond donors (Lipinski definition) is 1. The van der Waals surface area contributed by atoms with Crippen LogP contribution in [0.25, 0.3) is 16.6 Å². The van der Waals surface area contributed by atoms with E-state index in [4.69, 9.17) is 4.74 Å². The molecule has 0 radical (unpaired) electrons. The van der Waals surface area contributed by atoms with E-state index >= 15 is 0 Å². The Bertz CT molecular complexity index is 1100. The number of nitrogens with zero attached hydrogens (tertiary/aromatic N) is 1. The molecular weight excluding hydrogens is 365 g/mol. The van der Waals surface area contributed by atoms with Crippen LogP contribution in [0.1, 0.15) is 57.9 Å². The highest BCUT2D eigenvalue weighted by Gasteiger charge is 2.50. The molecule has 2 heterocycles. The van der Waals surface area contributed by atoms with Crippen molar-refractivity contribution in [3.05, 3.63) is 59.5 Å². The molecule has 5 rings (SSSR count). The van der Waals surface area contributed by atoms with Gasteiger partial charge in [0.05, 0.1) is 18.2 Å². The van der Waals surface area contributed by atoms with Gasteiger partial charge in [-0.15, -0.1) is 0 Å². The van der Waals surface area contributed by atoms with Crippen molar-refractivity contribution in [1.82, 2.24) is 4.57 Å². The summed E-state index contributed by atoms with van der Waals surface area (Å²) >= 11 is 0. The van der Waals surface area contributed by atoms with E-state index < -0.39 is 0 Å². The van der Waals surface area contributed by atoms with Crippen LogP contribution in [-0.2, 0) is 10.2 Å². The van der Waals surface area contributed by atoms with Crippen molar-refractivity contribution in [1.29, 1.82) is 0 Å². The van der Waals surface area contributed by atoms with E-state index in [1.54, 1.807) is 6.07 Å². The molecule has 1 aliphatic carbocycles. The summed E-state index contributed by atoms with van der Waals surface area (Å²) in [6.07, 6.45) is 2.12. The Labute approximate surface area is 171 Å². The van der Waals surface area contributed by atoms with Crippen molar-refractivity contribution < 1.29 is 14.2 Å². The topological polar surface area (TPSA) is 34.4 Å². The minimum atomic E-state index is -0.252. The normalized spacial score (nSPS) is 27.8. The Hall–Kier alpha value is -2.33. The van der Waals surface area contributed by atoms with E-state index in [-0.39, 0.29) is 28.5 Å². The number of aromatic hydroxyl groups is 1. The van der Waals surface area contributed by atoms with E-state index in [1.807, 2.05) is 24.3 Å². The minimum Gasteiger partial charge on any atom is -0.507 e. The number of ether oxygens (including phenoxy) is 1. The van der Waals surface area contributed by atoms with E-state index in [0.717, 1.165) is 34.3 Å². The number of aromatic nitrogens is 1. The lowest BCUT2D eigenvalue weighted by molar-refractivity contribution is -0.00988. The zero-order valence-corrected chi connectivity index (χ0v) is 17.5. The molecule has 3 nitrogen and oxygen atoms in total. The van der Waals surface area contributed by atoms with E-state index in [2.05, 4.69) is 32.3 Å². The zero-order valence-electron chi connectivity index (χ0n) is 17.5. The van der Waals surface area contributed by atoms with Gasteiger partial charge in [-0.1, -0.05) is 33.8 Å². The maximum Gasteiger partial charge on any atom is 0.125 e. The molecule has 1 aliphatic heterocycles. The fraction of sp³-hybridized carbons (Fsp3) is 0.440. The van der Waals surface area contributed by atoms with Crippen LogP contribution in [0.15, 0.2) is 42.5 Å². The standard InChI is InChI=1S/C25H28FNO2/c1-15-12-25(15,4)13-20-22-21-18(6-5-7-19(21)28)27(17-10-8-16(26)9-11-17)23(22)24(2,3)14-29-20/h5-11,15,20,28H,12-14H2,1-4H3. The van der Waals surface area contributed by atoms with Crippen LogP contribution in [0.2, 0.25) is 0 Å². The highest BCUT2D eigenvalue weighted by molar-refractivity contribution is 5.93. The summed E-state index contributed by atoms with van der Waals surface area (Å²) in [5.74, 6) is 0.724. The summed E-state index contributed by atoms with van der Waals surface area (Å²) in [5.41, 5.74) is 4.16. The number of phenols is 1. The number of rotatable bonds is 3. The van der Waals surface area contributed by atoms with Crippen LogP contribution in [0.4, 0.5) is 4.39 Å². The lowest BCUT2D eigenvalue weighted by Crippen LogP contribution is -2.35. The van der Waals surface area contributed by atoms with Crippen LogP contribution in [-0.4, -0.2) is 16.3 Å². The Balaban J connectivity index is 1.80. The molecule has 2 aliphatic rings. The number of fused-ring (bicyclic) bond motifs is 3. The minimum absolute atomic E-state index is 0.0505. The molecule has 1 aromatic heterocycles.